The summed E-state index contributed by atoms with van der Waals surface area (Å²) in [5.41, 5.74) is 0.0677. The summed E-state index contributed by atoms with van der Waals surface area (Å²) in [5, 5.41) is 0. The third-order valence-electron chi connectivity index (χ3n) is 4.38. The summed E-state index contributed by atoms with van der Waals surface area (Å²) in [5.74, 6) is 1.89. The van der Waals surface area contributed by atoms with Gasteiger partial charge in [0.25, 0.3) is 0 Å². The maximum Gasteiger partial charge on any atom is 0.139 e. The summed E-state index contributed by atoms with van der Waals surface area (Å²) in [6.07, 6.45) is 5.92. The normalized spacial score (nSPS) is 47.7. The second kappa shape index (κ2) is 2.58. The molecule has 3 atom stereocenters. The monoisotopic (exact) mass is 166 g/mol. The van der Waals surface area contributed by atoms with Crippen molar-refractivity contribution in [2.24, 2.45) is 17.3 Å². The van der Waals surface area contributed by atoms with Crippen LogP contribution in [0.1, 0.15) is 46.0 Å². The molecule has 0 amide bonds. The van der Waals surface area contributed by atoms with Crippen LogP contribution in [0.15, 0.2) is 0 Å². The Bertz CT molecular complexity index is 209. The Hall–Kier alpha value is -0.330. The smallest absolute Gasteiger partial charge is 0.139 e. The van der Waals surface area contributed by atoms with E-state index in [1.54, 1.807) is 0 Å². The molecule has 68 valence electrons. The molecule has 2 saturated carbocycles. The molecular formula is C11H18O. The molecular weight excluding hydrogens is 148 g/mol. The molecule has 0 heterocycles. The molecule has 0 aromatic carbocycles. The van der Waals surface area contributed by atoms with Crippen molar-refractivity contribution in [3.05, 3.63) is 0 Å². The van der Waals surface area contributed by atoms with E-state index in [1.807, 2.05) is 0 Å². The average Bonchev–Trinajstić information content (AvgIpc) is 2.33. The van der Waals surface area contributed by atoms with Gasteiger partial charge in [0.1, 0.15) is 5.78 Å². The molecule has 1 nitrogen and oxygen atoms in total. The first-order valence-corrected chi connectivity index (χ1v) is 5.19. The lowest BCUT2D eigenvalue weighted by Crippen LogP contribution is -2.38. The van der Waals surface area contributed by atoms with Gasteiger partial charge in [0.05, 0.1) is 0 Å². The number of hydrogen-bond acceptors (Lipinski definition) is 1. The number of fused-ring (bicyclic) bond motifs is 1. The largest absolute Gasteiger partial charge is 0.299 e. The number of carbonyl (C=O) groups excluding carboxylic acids is 1. The number of rotatable bonds is 0. The van der Waals surface area contributed by atoms with Crippen molar-refractivity contribution in [1.29, 1.82) is 0 Å². The lowest BCUT2D eigenvalue weighted by atomic mass is 9.63. The Morgan fingerprint density at radius 2 is 2.08 bits per heavy atom. The van der Waals surface area contributed by atoms with Gasteiger partial charge in [-0.25, -0.2) is 0 Å². The summed E-state index contributed by atoms with van der Waals surface area (Å²) in [6, 6.07) is 0. The van der Waals surface area contributed by atoms with Gasteiger partial charge in [-0.2, -0.15) is 0 Å². The zero-order chi connectivity index (χ0) is 8.77. The van der Waals surface area contributed by atoms with Crippen LogP contribution in [0, 0.1) is 17.3 Å². The predicted octanol–water partition coefficient (Wildman–Crippen LogP) is 2.79. The molecule has 0 aromatic rings. The maximum absolute atomic E-state index is 11.7. The molecule has 2 fully saturated rings. The molecule has 0 saturated heterocycles. The lowest BCUT2D eigenvalue weighted by Gasteiger charge is -2.40. The predicted molar refractivity (Wildman–Crippen MR) is 48.9 cm³/mol. The molecule has 0 radical (unpaired) electrons. The van der Waals surface area contributed by atoms with Crippen LogP contribution in [0.4, 0.5) is 0 Å². The van der Waals surface area contributed by atoms with E-state index in [-0.39, 0.29) is 5.41 Å². The number of Topliss-reactive ketones (excluding diaryl/α,β-unsaturated/α-hetero) is 1. The highest BCUT2D eigenvalue weighted by Crippen LogP contribution is 2.52. The van der Waals surface area contributed by atoms with Crippen molar-refractivity contribution >= 4 is 5.78 Å². The van der Waals surface area contributed by atoms with Crippen LogP contribution in [-0.4, -0.2) is 5.78 Å². The topological polar surface area (TPSA) is 17.1 Å². The van der Waals surface area contributed by atoms with Crippen LogP contribution in [0.2, 0.25) is 0 Å². The van der Waals surface area contributed by atoms with E-state index in [9.17, 15) is 4.79 Å². The van der Waals surface area contributed by atoms with Gasteiger partial charge in [-0.15, -0.1) is 0 Å². The van der Waals surface area contributed by atoms with Crippen LogP contribution >= 0.6 is 0 Å². The van der Waals surface area contributed by atoms with Gasteiger partial charge in [0.2, 0.25) is 0 Å². The van der Waals surface area contributed by atoms with E-state index in [1.165, 1.54) is 25.7 Å². The van der Waals surface area contributed by atoms with E-state index < -0.39 is 0 Å². The number of carbonyl (C=O) groups is 1. The molecule has 2 aliphatic rings. The van der Waals surface area contributed by atoms with E-state index in [2.05, 4.69) is 13.8 Å². The Balaban J connectivity index is 2.30. The van der Waals surface area contributed by atoms with E-state index in [0.29, 0.717) is 17.6 Å². The van der Waals surface area contributed by atoms with Crippen molar-refractivity contribution in [1.82, 2.24) is 0 Å². The molecule has 0 bridgehead atoms. The van der Waals surface area contributed by atoms with Crippen molar-refractivity contribution < 1.29 is 4.79 Å². The fourth-order valence-corrected chi connectivity index (χ4v) is 3.19. The summed E-state index contributed by atoms with van der Waals surface area (Å²) in [4.78, 5) is 11.7. The fourth-order valence-electron chi connectivity index (χ4n) is 3.19. The van der Waals surface area contributed by atoms with Crippen LogP contribution in [0.5, 0.6) is 0 Å². The standard InChI is InChI=1S/C11H18O/c1-8-4-3-5-9-6-7-10(12)11(8,9)2/h8-9H,3-7H2,1-2H3/t8-,9-,11-/m1/s1. The minimum absolute atomic E-state index is 0.0677. The highest BCUT2D eigenvalue weighted by molar-refractivity contribution is 5.87. The van der Waals surface area contributed by atoms with Crippen LogP contribution < -0.4 is 0 Å². The highest BCUT2D eigenvalue weighted by Gasteiger charge is 2.50. The minimum atomic E-state index is 0.0677. The summed E-state index contributed by atoms with van der Waals surface area (Å²) in [6.45, 7) is 4.46. The average molecular weight is 166 g/mol. The van der Waals surface area contributed by atoms with Crippen molar-refractivity contribution in [2.75, 3.05) is 0 Å². The Morgan fingerprint density at radius 1 is 1.33 bits per heavy atom. The molecule has 0 N–H and O–H groups in total. The van der Waals surface area contributed by atoms with E-state index >= 15 is 0 Å². The highest BCUT2D eigenvalue weighted by atomic mass is 16.1. The Kier molecular flexibility index (Phi) is 1.78. The van der Waals surface area contributed by atoms with E-state index in [0.717, 1.165) is 6.42 Å². The summed E-state index contributed by atoms with van der Waals surface area (Å²) < 4.78 is 0. The number of ketones is 1. The SMILES string of the molecule is C[C@@H]1CCC[C@@H]2CCC(=O)[C@@]21C. The zero-order valence-corrected chi connectivity index (χ0v) is 8.10. The second-order valence-corrected chi connectivity index (χ2v) is 4.77. The summed E-state index contributed by atoms with van der Waals surface area (Å²) in [7, 11) is 0. The van der Waals surface area contributed by atoms with Gasteiger partial charge in [0, 0.05) is 11.8 Å². The molecule has 0 unspecified atom stereocenters. The Labute approximate surface area is 74.5 Å². The second-order valence-electron chi connectivity index (χ2n) is 4.77. The quantitative estimate of drug-likeness (QED) is 0.541. The molecule has 2 rings (SSSR count). The van der Waals surface area contributed by atoms with Crippen molar-refractivity contribution in [2.45, 2.75) is 46.0 Å². The first-order chi connectivity index (χ1) is 5.65. The Morgan fingerprint density at radius 3 is 2.75 bits per heavy atom. The van der Waals surface area contributed by atoms with Gasteiger partial charge in [-0.3, -0.25) is 4.79 Å². The maximum atomic E-state index is 11.7. The van der Waals surface area contributed by atoms with E-state index in [4.69, 9.17) is 0 Å². The molecule has 1 heteroatoms. The van der Waals surface area contributed by atoms with Gasteiger partial charge < -0.3 is 0 Å². The minimum Gasteiger partial charge on any atom is -0.299 e. The molecule has 0 aromatic heterocycles. The third kappa shape index (κ3) is 0.884. The van der Waals surface area contributed by atoms with Gasteiger partial charge in [-0.1, -0.05) is 20.3 Å². The van der Waals surface area contributed by atoms with Gasteiger partial charge >= 0.3 is 0 Å². The van der Waals surface area contributed by atoms with Gasteiger partial charge in [-0.05, 0) is 31.1 Å². The molecule has 0 spiro atoms. The van der Waals surface area contributed by atoms with Crippen LogP contribution in [-0.2, 0) is 4.79 Å². The third-order valence-corrected chi connectivity index (χ3v) is 4.38. The lowest BCUT2D eigenvalue weighted by molar-refractivity contribution is -0.130. The fraction of sp³-hybridized carbons (Fsp3) is 0.909. The van der Waals surface area contributed by atoms with Crippen LogP contribution in [0.25, 0.3) is 0 Å². The first-order valence-electron chi connectivity index (χ1n) is 5.19. The van der Waals surface area contributed by atoms with Crippen molar-refractivity contribution in [3.63, 3.8) is 0 Å². The molecule has 0 aliphatic heterocycles. The first kappa shape index (κ1) is 8.28. The van der Waals surface area contributed by atoms with Crippen LogP contribution in [0.3, 0.4) is 0 Å². The summed E-state index contributed by atoms with van der Waals surface area (Å²) >= 11 is 0. The van der Waals surface area contributed by atoms with Gasteiger partial charge in [0.15, 0.2) is 0 Å². The zero-order valence-electron chi connectivity index (χ0n) is 8.10. The molecule has 2 aliphatic carbocycles. The van der Waals surface area contributed by atoms with Crippen molar-refractivity contribution in [3.8, 4) is 0 Å². The number of hydrogen-bond donors (Lipinski definition) is 0. The molecule has 12 heavy (non-hydrogen) atoms.